The van der Waals surface area contributed by atoms with E-state index in [-0.39, 0.29) is 0 Å². The Kier molecular flexibility index (Phi) is 5.56. The van der Waals surface area contributed by atoms with E-state index in [1.165, 1.54) is 0 Å². The maximum Gasteiger partial charge on any atom is 0.458 e. The molecule has 0 unspecified atom stereocenters. The van der Waals surface area contributed by atoms with Gasteiger partial charge in [-0.05, 0) is 6.42 Å². The van der Waals surface area contributed by atoms with E-state index in [1.807, 2.05) is 6.08 Å². The second kappa shape index (κ2) is 5.76. The molecule has 0 atom stereocenters. The Morgan fingerprint density at radius 1 is 1.71 bits per heavy atom. The highest BCUT2D eigenvalue weighted by molar-refractivity contribution is 7.65. The summed E-state index contributed by atoms with van der Waals surface area (Å²) >= 11 is 0.644. The number of rotatable bonds is 4. The predicted molar refractivity (Wildman–Crippen MR) is 32.3 cm³/mol. The van der Waals surface area contributed by atoms with Crippen LogP contribution in [0.2, 0.25) is 0 Å². The molecule has 0 aliphatic heterocycles. The second-order valence-electron chi connectivity index (χ2n) is 1.25. The van der Waals surface area contributed by atoms with Crippen molar-refractivity contribution < 1.29 is 4.21 Å². The predicted octanol–water partition coefficient (Wildman–Crippen LogP) is 1.38. The summed E-state index contributed by atoms with van der Waals surface area (Å²) in [6.45, 7) is 3.52. The number of unbranched alkanes of at least 4 members (excludes halogenated alkanes) is 1. The molecule has 0 fully saturated rings. The standard InChI is InChI=1S/C5H9OS/c1-2-3-4-5-7-6/h2H,1,3-5H2/q+1. The van der Waals surface area contributed by atoms with Crippen molar-refractivity contribution in [1.29, 1.82) is 0 Å². The van der Waals surface area contributed by atoms with Gasteiger partial charge in [-0.25, -0.2) is 0 Å². The van der Waals surface area contributed by atoms with Crippen LogP contribution in [0.5, 0.6) is 0 Å². The molecule has 0 aromatic heterocycles. The molecule has 0 aliphatic rings. The molecule has 0 rings (SSSR count). The molecule has 40 valence electrons. The van der Waals surface area contributed by atoms with Crippen LogP contribution in [0.3, 0.4) is 0 Å². The van der Waals surface area contributed by atoms with Crippen LogP contribution < -0.4 is 0 Å². The molecule has 1 nitrogen and oxygen atoms in total. The van der Waals surface area contributed by atoms with Crippen LogP contribution in [0.25, 0.3) is 0 Å². The van der Waals surface area contributed by atoms with Crippen LogP contribution in [0.4, 0.5) is 0 Å². The van der Waals surface area contributed by atoms with Crippen molar-refractivity contribution in [3.05, 3.63) is 12.7 Å². The minimum atomic E-state index is 0.644. The molecular formula is C5H9OS+. The van der Waals surface area contributed by atoms with Crippen LogP contribution >= 0.6 is 0 Å². The van der Waals surface area contributed by atoms with E-state index in [9.17, 15) is 4.21 Å². The summed E-state index contributed by atoms with van der Waals surface area (Å²) in [4.78, 5) is 0. The number of hydrogen-bond acceptors (Lipinski definition) is 1. The van der Waals surface area contributed by atoms with Crippen molar-refractivity contribution in [2.24, 2.45) is 0 Å². The summed E-state index contributed by atoms with van der Waals surface area (Å²) in [6.07, 6.45) is 3.77. The molecule has 0 aromatic carbocycles. The van der Waals surface area contributed by atoms with Gasteiger partial charge in [0.1, 0.15) is 0 Å². The van der Waals surface area contributed by atoms with Crippen LogP contribution in [0, 0.1) is 0 Å². The fraction of sp³-hybridized carbons (Fsp3) is 0.600. The van der Waals surface area contributed by atoms with E-state index >= 15 is 0 Å². The Labute approximate surface area is 47.9 Å². The molecule has 0 heterocycles. The van der Waals surface area contributed by atoms with Gasteiger partial charge in [-0.1, -0.05) is 6.08 Å². The average molecular weight is 117 g/mol. The molecule has 0 amide bonds. The monoisotopic (exact) mass is 117 g/mol. The second-order valence-corrected chi connectivity index (χ2v) is 1.90. The molecular weight excluding hydrogens is 108 g/mol. The maximum atomic E-state index is 9.69. The molecule has 0 saturated heterocycles. The van der Waals surface area contributed by atoms with Gasteiger partial charge in [-0.2, -0.15) is 0 Å². The summed E-state index contributed by atoms with van der Waals surface area (Å²) in [5, 5.41) is 0. The Morgan fingerprint density at radius 2 is 2.43 bits per heavy atom. The van der Waals surface area contributed by atoms with Crippen molar-refractivity contribution >= 4 is 11.7 Å². The van der Waals surface area contributed by atoms with E-state index in [0.29, 0.717) is 17.4 Å². The highest BCUT2D eigenvalue weighted by Gasteiger charge is 1.92. The Hall–Kier alpha value is -0.240. The first-order chi connectivity index (χ1) is 3.41. The summed E-state index contributed by atoms with van der Waals surface area (Å²) in [7, 11) is 0. The average Bonchev–Trinajstić information content (AvgIpc) is 1.69. The van der Waals surface area contributed by atoms with Gasteiger partial charge in [0, 0.05) is 10.6 Å². The van der Waals surface area contributed by atoms with Gasteiger partial charge >= 0.3 is 11.7 Å². The number of allylic oxidation sites excluding steroid dienone is 1. The minimum Gasteiger partial charge on any atom is -0.103 e. The normalized spacial score (nSPS) is 8.00. The molecule has 0 aliphatic carbocycles. The van der Waals surface area contributed by atoms with Gasteiger partial charge in [0.25, 0.3) is 0 Å². The maximum absolute atomic E-state index is 9.69. The SMILES string of the molecule is C=CCCC[S+]=O. The van der Waals surface area contributed by atoms with Crippen LogP contribution in [-0.2, 0) is 15.9 Å². The Balaban J connectivity index is 2.68. The number of hydrogen-bond donors (Lipinski definition) is 0. The zero-order valence-electron chi connectivity index (χ0n) is 4.22. The lowest BCUT2D eigenvalue weighted by Gasteiger charge is -1.73. The van der Waals surface area contributed by atoms with Crippen molar-refractivity contribution in [2.45, 2.75) is 12.8 Å². The molecule has 0 N–H and O–H groups in total. The van der Waals surface area contributed by atoms with Crippen molar-refractivity contribution in [2.75, 3.05) is 5.75 Å². The Bertz CT molecular complexity index is 53.1. The van der Waals surface area contributed by atoms with Gasteiger partial charge in [0.05, 0.1) is 0 Å². The van der Waals surface area contributed by atoms with E-state index in [1.54, 1.807) is 0 Å². The summed E-state index contributed by atoms with van der Waals surface area (Å²) in [6, 6.07) is 0. The molecule has 0 spiro atoms. The lowest BCUT2D eigenvalue weighted by Crippen LogP contribution is -1.76. The highest BCUT2D eigenvalue weighted by atomic mass is 32.1. The van der Waals surface area contributed by atoms with Crippen LogP contribution in [-0.4, -0.2) is 5.75 Å². The smallest absolute Gasteiger partial charge is 0.103 e. The first kappa shape index (κ1) is 6.76. The summed E-state index contributed by atoms with van der Waals surface area (Å²) < 4.78 is 9.69. The third kappa shape index (κ3) is 5.76. The van der Waals surface area contributed by atoms with Crippen LogP contribution in [0.15, 0.2) is 12.7 Å². The fourth-order valence-corrected chi connectivity index (χ4v) is 0.571. The van der Waals surface area contributed by atoms with Gasteiger partial charge < -0.3 is 0 Å². The lowest BCUT2D eigenvalue weighted by molar-refractivity contribution is 0.604. The van der Waals surface area contributed by atoms with E-state index in [0.717, 1.165) is 12.8 Å². The van der Waals surface area contributed by atoms with Crippen molar-refractivity contribution in [3.63, 3.8) is 0 Å². The van der Waals surface area contributed by atoms with E-state index in [4.69, 9.17) is 0 Å². The third-order valence-electron chi connectivity index (χ3n) is 0.636. The van der Waals surface area contributed by atoms with Gasteiger partial charge in [0.15, 0.2) is 0 Å². The Morgan fingerprint density at radius 3 is 2.86 bits per heavy atom. The quantitative estimate of drug-likeness (QED) is 0.309. The fourth-order valence-electron chi connectivity index (χ4n) is 0.287. The van der Waals surface area contributed by atoms with E-state index < -0.39 is 0 Å². The third-order valence-corrected chi connectivity index (χ3v) is 1.09. The van der Waals surface area contributed by atoms with E-state index in [2.05, 4.69) is 6.58 Å². The summed E-state index contributed by atoms with van der Waals surface area (Å²) in [5.41, 5.74) is 0. The molecule has 0 radical (unpaired) electrons. The molecule has 7 heavy (non-hydrogen) atoms. The lowest BCUT2D eigenvalue weighted by atomic mass is 10.3. The van der Waals surface area contributed by atoms with Crippen molar-refractivity contribution in [3.8, 4) is 0 Å². The largest absolute Gasteiger partial charge is 0.458 e. The van der Waals surface area contributed by atoms with Crippen LogP contribution in [0.1, 0.15) is 12.8 Å². The molecule has 0 saturated carbocycles. The van der Waals surface area contributed by atoms with Gasteiger partial charge in [-0.15, -0.1) is 6.58 Å². The minimum absolute atomic E-state index is 0.644. The van der Waals surface area contributed by atoms with Gasteiger partial charge in [0.2, 0.25) is 5.75 Å². The highest BCUT2D eigenvalue weighted by Crippen LogP contribution is 1.85. The first-order valence-corrected chi connectivity index (χ1v) is 3.18. The topological polar surface area (TPSA) is 17.1 Å². The first-order valence-electron chi connectivity index (χ1n) is 2.27. The molecule has 0 bridgehead atoms. The zero-order valence-corrected chi connectivity index (χ0v) is 5.04. The van der Waals surface area contributed by atoms with Crippen molar-refractivity contribution in [1.82, 2.24) is 0 Å². The molecule has 0 aromatic rings. The summed E-state index contributed by atoms with van der Waals surface area (Å²) in [5.74, 6) is 0.714. The van der Waals surface area contributed by atoms with Gasteiger partial charge in [-0.3, -0.25) is 0 Å². The molecule has 2 heteroatoms. The zero-order chi connectivity index (χ0) is 5.54.